The van der Waals surface area contributed by atoms with Crippen molar-refractivity contribution in [3.8, 4) is 11.5 Å². The lowest BCUT2D eigenvalue weighted by Crippen LogP contribution is -1.91. The highest BCUT2D eigenvalue weighted by Crippen LogP contribution is 2.35. The normalized spacial score (nSPS) is 10.9. The minimum Gasteiger partial charge on any atom is -0.493 e. The standard InChI is InChI=1S/C15H12ClNO2/c1-18-14-5-9-8-17-13-6-10(16)3-4-11(13)12(9)7-15(14)19-2/h3-8H,1-2H3. The van der Waals surface area contributed by atoms with Crippen LogP contribution in [-0.4, -0.2) is 19.2 Å². The van der Waals surface area contributed by atoms with Crippen LogP contribution in [0.5, 0.6) is 11.5 Å². The lowest BCUT2D eigenvalue weighted by Gasteiger charge is -2.10. The molecule has 3 nitrogen and oxygen atoms in total. The van der Waals surface area contributed by atoms with Crippen LogP contribution in [0.4, 0.5) is 0 Å². The second kappa shape index (κ2) is 4.59. The molecule has 0 radical (unpaired) electrons. The Morgan fingerprint density at radius 3 is 2.42 bits per heavy atom. The average Bonchev–Trinajstić information content (AvgIpc) is 2.45. The van der Waals surface area contributed by atoms with Crippen LogP contribution in [0.1, 0.15) is 0 Å². The quantitative estimate of drug-likeness (QED) is 0.660. The molecule has 0 N–H and O–H groups in total. The summed E-state index contributed by atoms with van der Waals surface area (Å²) >= 11 is 5.99. The molecule has 0 bridgehead atoms. The number of ether oxygens (including phenoxy) is 2. The van der Waals surface area contributed by atoms with Crippen LogP contribution >= 0.6 is 11.6 Å². The van der Waals surface area contributed by atoms with Crippen molar-refractivity contribution in [2.24, 2.45) is 0 Å². The Bertz CT molecular complexity index is 771. The summed E-state index contributed by atoms with van der Waals surface area (Å²) in [6, 6.07) is 9.58. The fourth-order valence-corrected chi connectivity index (χ4v) is 2.38. The predicted molar refractivity (Wildman–Crippen MR) is 77.4 cm³/mol. The first-order valence-electron chi connectivity index (χ1n) is 5.83. The van der Waals surface area contributed by atoms with Crippen molar-refractivity contribution in [3.63, 3.8) is 0 Å². The topological polar surface area (TPSA) is 31.4 Å². The summed E-state index contributed by atoms with van der Waals surface area (Å²) in [5, 5.41) is 3.80. The third-order valence-corrected chi connectivity index (χ3v) is 3.38. The molecule has 0 amide bonds. The molecule has 96 valence electrons. The molecule has 0 unspecified atom stereocenters. The van der Waals surface area contributed by atoms with E-state index in [1.54, 1.807) is 14.2 Å². The summed E-state index contributed by atoms with van der Waals surface area (Å²) in [4.78, 5) is 4.42. The SMILES string of the molecule is COc1cc2cnc3cc(Cl)ccc3c2cc1OC. The maximum Gasteiger partial charge on any atom is 0.161 e. The Balaban J connectivity index is 2.41. The monoisotopic (exact) mass is 273 g/mol. The maximum absolute atomic E-state index is 5.99. The molecule has 0 saturated heterocycles. The molecule has 0 saturated carbocycles. The smallest absolute Gasteiger partial charge is 0.161 e. The third kappa shape index (κ3) is 1.96. The summed E-state index contributed by atoms with van der Waals surface area (Å²) in [6.45, 7) is 0. The molecule has 0 aliphatic rings. The van der Waals surface area contributed by atoms with Crippen molar-refractivity contribution in [1.82, 2.24) is 4.98 Å². The number of pyridine rings is 1. The average molecular weight is 274 g/mol. The van der Waals surface area contributed by atoms with Gasteiger partial charge in [-0.2, -0.15) is 0 Å². The number of rotatable bonds is 2. The number of benzene rings is 2. The van der Waals surface area contributed by atoms with Crippen molar-refractivity contribution in [3.05, 3.63) is 41.6 Å². The lowest BCUT2D eigenvalue weighted by molar-refractivity contribution is 0.356. The molecule has 1 heterocycles. The van der Waals surface area contributed by atoms with Crippen LogP contribution in [0.25, 0.3) is 21.7 Å². The summed E-state index contributed by atoms with van der Waals surface area (Å²) in [6.07, 6.45) is 1.82. The predicted octanol–water partition coefficient (Wildman–Crippen LogP) is 4.06. The zero-order valence-corrected chi connectivity index (χ0v) is 11.4. The van der Waals surface area contributed by atoms with Crippen molar-refractivity contribution < 1.29 is 9.47 Å². The first-order chi connectivity index (χ1) is 9.22. The van der Waals surface area contributed by atoms with Crippen LogP contribution < -0.4 is 9.47 Å². The van der Waals surface area contributed by atoms with Gasteiger partial charge in [0.2, 0.25) is 0 Å². The van der Waals surface area contributed by atoms with E-state index in [1.165, 1.54) is 0 Å². The zero-order chi connectivity index (χ0) is 13.4. The highest BCUT2D eigenvalue weighted by Gasteiger charge is 2.09. The first-order valence-corrected chi connectivity index (χ1v) is 6.20. The van der Waals surface area contributed by atoms with Gasteiger partial charge in [0.05, 0.1) is 19.7 Å². The molecule has 0 atom stereocenters. The molecule has 0 spiro atoms. The number of halogens is 1. The summed E-state index contributed by atoms with van der Waals surface area (Å²) < 4.78 is 10.6. The van der Waals surface area contributed by atoms with E-state index < -0.39 is 0 Å². The number of nitrogens with zero attached hydrogens (tertiary/aromatic N) is 1. The lowest BCUT2D eigenvalue weighted by atomic mass is 10.1. The van der Waals surface area contributed by atoms with Crippen LogP contribution in [0.3, 0.4) is 0 Å². The van der Waals surface area contributed by atoms with E-state index in [9.17, 15) is 0 Å². The van der Waals surface area contributed by atoms with Crippen molar-refractivity contribution in [1.29, 1.82) is 0 Å². The van der Waals surface area contributed by atoms with Crippen LogP contribution in [0.2, 0.25) is 5.02 Å². The number of methoxy groups -OCH3 is 2. The maximum atomic E-state index is 5.99. The molecule has 0 aliphatic heterocycles. The summed E-state index contributed by atoms with van der Waals surface area (Å²) in [5.74, 6) is 1.41. The Morgan fingerprint density at radius 1 is 0.947 bits per heavy atom. The number of hydrogen-bond donors (Lipinski definition) is 0. The van der Waals surface area contributed by atoms with Gasteiger partial charge in [-0.15, -0.1) is 0 Å². The van der Waals surface area contributed by atoms with E-state index in [1.807, 2.05) is 36.5 Å². The summed E-state index contributed by atoms with van der Waals surface area (Å²) in [5.41, 5.74) is 0.868. The second-order valence-corrected chi connectivity index (χ2v) is 4.65. The summed E-state index contributed by atoms with van der Waals surface area (Å²) in [7, 11) is 3.25. The molecule has 3 rings (SSSR count). The molecular weight excluding hydrogens is 262 g/mol. The van der Waals surface area contributed by atoms with Gasteiger partial charge >= 0.3 is 0 Å². The van der Waals surface area contributed by atoms with Gasteiger partial charge in [0, 0.05) is 22.0 Å². The molecular formula is C15H12ClNO2. The van der Waals surface area contributed by atoms with E-state index >= 15 is 0 Å². The number of fused-ring (bicyclic) bond motifs is 3. The molecule has 0 aliphatic carbocycles. The number of hydrogen-bond acceptors (Lipinski definition) is 3. The third-order valence-electron chi connectivity index (χ3n) is 3.15. The van der Waals surface area contributed by atoms with Gasteiger partial charge in [0.1, 0.15) is 0 Å². The van der Waals surface area contributed by atoms with Crippen LogP contribution in [0.15, 0.2) is 36.5 Å². The largest absolute Gasteiger partial charge is 0.493 e. The van der Waals surface area contributed by atoms with Crippen LogP contribution in [0, 0.1) is 0 Å². The van der Waals surface area contributed by atoms with Gasteiger partial charge < -0.3 is 9.47 Å². The zero-order valence-electron chi connectivity index (χ0n) is 10.6. The van der Waals surface area contributed by atoms with E-state index in [0.29, 0.717) is 16.5 Å². The molecule has 2 aromatic carbocycles. The molecule has 0 fully saturated rings. The molecule has 3 aromatic rings. The Morgan fingerprint density at radius 2 is 1.68 bits per heavy atom. The minimum atomic E-state index is 0.680. The molecule has 1 aromatic heterocycles. The van der Waals surface area contributed by atoms with Gasteiger partial charge in [-0.3, -0.25) is 4.98 Å². The van der Waals surface area contributed by atoms with Crippen LogP contribution in [-0.2, 0) is 0 Å². The minimum absolute atomic E-state index is 0.680. The Kier molecular flexibility index (Phi) is 2.91. The molecule has 19 heavy (non-hydrogen) atoms. The highest BCUT2D eigenvalue weighted by molar-refractivity contribution is 6.31. The highest BCUT2D eigenvalue weighted by atomic mass is 35.5. The van der Waals surface area contributed by atoms with Gasteiger partial charge in [-0.25, -0.2) is 0 Å². The van der Waals surface area contributed by atoms with Gasteiger partial charge in [-0.05, 0) is 29.7 Å². The Labute approximate surface area is 115 Å². The van der Waals surface area contributed by atoms with E-state index in [4.69, 9.17) is 21.1 Å². The fourth-order valence-electron chi connectivity index (χ4n) is 2.21. The second-order valence-electron chi connectivity index (χ2n) is 4.21. The van der Waals surface area contributed by atoms with Gasteiger partial charge in [0.25, 0.3) is 0 Å². The van der Waals surface area contributed by atoms with E-state index in [2.05, 4.69) is 4.98 Å². The van der Waals surface area contributed by atoms with E-state index in [-0.39, 0.29) is 0 Å². The van der Waals surface area contributed by atoms with Crippen molar-refractivity contribution in [2.75, 3.05) is 14.2 Å². The fraction of sp³-hybridized carbons (Fsp3) is 0.133. The molecule has 4 heteroatoms. The van der Waals surface area contributed by atoms with E-state index in [0.717, 1.165) is 21.7 Å². The number of aromatic nitrogens is 1. The van der Waals surface area contributed by atoms with Gasteiger partial charge in [-0.1, -0.05) is 17.7 Å². The van der Waals surface area contributed by atoms with Crippen molar-refractivity contribution >= 4 is 33.3 Å². The Hall–Kier alpha value is -2.00. The van der Waals surface area contributed by atoms with Gasteiger partial charge in [0.15, 0.2) is 11.5 Å². The first kappa shape index (κ1) is 12.1. The van der Waals surface area contributed by atoms with Crippen molar-refractivity contribution in [2.45, 2.75) is 0 Å².